The maximum atomic E-state index is 5.74. The number of nitrogens with two attached hydrogens (primary N) is 1. The van der Waals surface area contributed by atoms with Gasteiger partial charge in [-0.3, -0.25) is 0 Å². The third kappa shape index (κ3) is 2.29. The molecule has 0 aliphatic rings. The first-order valence-electron chi connectivity index (χ1n) is 5.05. The zero-order valence-corrected chi connectivity index (χ0v) is 9.45. The highest BCUT2D eigenvalue weighted by atomic mass is 16.4. The molecule has 1 aromatic rings. The Morgan fingerprint density at radius 2 is 2.07 bits per heavy atom. The van der Waals surface area contributed by atoms with Gasteiger partial charge in [0.05, 0.1) is 0 Å². The largest absolute Gasteiger partial charge is 0.446 e. The third-order valence-corrected chi connectivity index (χ3v) is 2.58. The fraction of sp³-hybridized carbons (Fsp3) is 0.636. The predicted molar refractivity (Wildman–Crippen MR) is 59.5 cm³/mol. The van der Waals surface area contributed by atoms with Crippen molar-refractivity contribution in [2.24, 2.45) is 11.7 Å². The maximum absolute atomic E-state index is 5.74. The molecule has 0 aliphatic heterocycles. The van der Waals surface area contributed by atoms with E-state index in [1.165, 1.54) is 0 Å². The van der Waals surface area contributed by atoms with E-state index in [1.54, 1.807) is 0 Å². The Bertz CT molecular complexity index is 281. The van der Waals surface area contributed by atoms with Crippen molar-refractivity contribution in [1.29, 1.82) is 0 Å². The molecule has 0 saturated carbocycles. The summed E-state index contributed by atoms with van der Waals surface area (Å²) in [6.45, 7) is 6.94. The van der Waals surface area contributed by atoms with Gasteiger partial charge in [0.2, 0.25) is 0 Å². The average molecular weight is 196 g/mol. The second kappa shape index (κ2) is 4.51. The normalized spacial score (nSPS) is 13.3. The Labute approximate surface area is 85.9 Å². The minimum absolute atomic E-state index is 0.334. The summed E-state index contributed by atoms with van der Waals surface area (Å²) < 4.78 is 5.55. The quantitative estimate of drug-likeness (QED) is 0.801. The Morgan fingerprint density at radius 3 is 2.43 bits per heavy atom. The molecule has 0 spiro atoms. The lowest BCUT2D eigenvalue weighted by molar-refractivity contribution is 0.439. The van der Waals surface area contributed by atoms with Crippen molar-refractivity contribution in [1.82, 2.24) is 0 Å². The van der Waals surface area contributed by atoms with Gasteiger partial charge in [-0.2, -0.15) is 0 Å². The number of nitrogens with zero attached hydrogens (tertiary/aromatic N) is 1. The van der Waals surface area contributed by atoms with Crippen LogP contribution in [0.3, 0.4) is 0 Å². The van der Waals surface area contributed by atoms with Crippen molar-refractivity contribution in [2.75, 3.05) is 18.5 Å². The molecule has 0 aromatic carbocycles. The van der Waals surface area contributed by atoms with Crippen molar-refractivity contribution in [2.45, 2.75) is 26.8 Å². The fourth-order valence-corrected chi connectivity index (χ4v) is 1.65. The summed E-state index contributed by atoms with van der Waals surface area (Å²) in [5.74, 6) is 2.36. The van der Waals surface area contributed by atoms with Gasteiger partial charge in [0.25, 0.3) is 0 Å². The molecule has 0 fully saturated rings. The van der Waals surface area contributed by atoms with E-state index in [4.69, 9.17) is 10.2 Å². The molecule has 80 valence electrons. The van der Waals surface area contributed by atoms with Crippen LogP contribution in [-0.4, -0.2) is 19.6 Å². The van der Waals surface area contributed by atoms with Crippen molar-refractivity contribution in [3.8, 4) is 0 Å². The predicted octanol–water partition coefficient (Wildman–Crippen LogP) is 2.01. The number of furan rings is 1. The fourth-order valence-electron chi connectivity index (χ4n) is 1.65. The zero-order chi connectivity index (χ0) is 10.7. The summed E-state index contributed by atoms with van der Waals surface area (Å²) in [5, 5.41) is 0. The van der Waals surface area contributed by atoms with Crippen LogP contribution >= 0.6 is 0 Å². The molecule has 3 heteroatoms. The second-order valence-electron chi connectivity index (χ2n) is 4.04. The third-order valence-electron chi connectivity index (χ3n) is 2.58. The van der Waals surface area contributed by atoms with Gasteiger partial charge in [0.15, 0.2) is 5.88 Å². The number of aryl methyl sites for hydroxylation is 1. The van der Waals surface area contributed by atoms with E-state index in [-0.39, 0.29) is 0 Å². The van der Waals surface area contributed by atoms with E-state index < -0.39 is 0 Å². The molecule has 1 aromatic heterocycles. The van der Waals surface area contributed by atoms with Crippen molar-refractivity contribution >= 4 is 5.88 Å². The van der Waals surface area contributed by atoms with E-state index in [9.17, 15) is 0 Å². The first kappa shape index (κ1) is 11.1. The summed E-state index contributed by atoms with van der Waals surface area (Å²) >= 11 is 0. The number of rotatable bonds is 4. The van der Waals surface area contributed by atoms with E-state index >= 15 is 0 Å². The number of anilines is 1. The van der Waals surface area contributed by atoms with E-state index in [0.717, 1.165) is 11.6 Å². The molecule has 0 radical (unpaired) electrons. The lowest BCUT2D eigenvalue weighted by Crippen LogP contribution is -2.41. The van der Waals surface area contributed by atoms with Crippen LogP contribution in [0, 0.1) is 12.8 Å². The first-order chi connectivity index (χ1) is 6.56. The van der Waals surface area contributed by atoms with Crippen LogP contribution in [-0.2, 0) is 0 Å². The van der Waals surface area contributed by atoms with Gasteiger partial charge in [-0.1, -0.05) is 13.8 Å². The van der Waals surface area contributed by atoms with Crippen molar-refractivity contribution in [3.05, 3.63) is 17.9 Å². The zero-order valence-electron chi connectivity index (χ0n) is 9.45. The minimum atomic E-state index is 0.334. The Hall–Kier alpha value is -0.960. The topological polar surface area (TPSA) is 42.4 Å². The molecule has 1 atom stereocenters. The number of hydrogen-bond acceptors (Lipinski definition) is 3. The summed E-state index contributed by atoms with van der Waals surface area (Å²) in [6.07, 6.45) is 0. The van der Waals surface area contributed by atoms with Gasteiger partial charge < -0.3 is 15.1 Å². The minimum Gasteiger partial charge on any atom is -0.446 e. The van der Waals surface area contributed by atoms with Gasteiger partial charge in [0, 0.05) is 25.7 Å². The van der Waals surface area contributed by atoms with Crippen LogP contribution < -0.4 is 10.6 Å². The van der Waals surface area contributed by atoms with Crippen LogP contribution in [0.2, 0.25) is 0 Å². The standard InChI is InChI=1S/C11H20N2O/c1-8(2)10(7-12)13(4)11-6-5-9(3)14-11/h5-6,8,10H,7,12H2,1-4H3. The Kier molecular flexibility index (Phi) is 3.58. The molecule has 0 bridgehead atoms. The van der Waals surface area contributed by atoms with Crippen LogP contribution in [0.5, 0.6) is 0 Å². The Balaban J connectivity index is 2.77. The molecule has 2 N–H and O–H groups in total. The molecule has 1 rings (SSSR count). The van der Waals surface area contributed by atoms with Gasteiger partial charge in [-0.15, -0.1) is 0 Å². The SMILES string of the molecule is Cc1ccc(N(C)C(CN)C(C)C)o1. The highest BCUT2D eigenvalue weighted by Crippen LogP contribution is 2.21. The van der Waals surface area contributed by atoms with Gasteiger partial charge >= 0.3 is 0 Å². The van der Waals surface area contributed by atoms with Crippen molar-refractivity contribution in [3.63, 3.8) is 0 Å². The summed E-state index contributed by atoms with van der Waals surface area (Å²) in [5.41, 5.74) is 5.74. The maximum Gasteiger partial charge on any atom is 0.195 e. The van der Waals surface area contributed by atoms with Crippen molar-refractivity contribution < 1.29 is 4.42 Å². The molecule has 0 aliphatic carbocycles. The van der Waals surface area contributed by atoms with Gasteiger partial charge in [-0.25, -0.2) is 0 Å². The van der Waals surface area contributed by atoms with E-state index in [0.29, 0.717) is 18.5 Å². The molecular formula is C11H20N2O. The van der Waals surface area contributed by atoms with Gasteiger partial charge in [-0.05, 0) is 18.9 Å². The molecule has 14 heavy (non-hydrogen) atoms. The summed E-state index contributed by atoms with van der Waals surface area (Å²) in [7, 11) is 2.02. The van der Waals surface area contributed by atoms with Crippen LogP contribution in [0.4, 0.5) is 5.88 Å². The highest BCUT2D eigenvalue weighted by Gasteiger charge is 2.19. The average Bonchev–Trinajstić information content (AvgIpc) is 2.52. The van der Waals surface area contributed by atoms with Crippen LogP contribution in [0.1, 0.15) is 19.6 Å². The molecule has 0 saturated heterocycles. The molecular weight excluding hydrogens is 176 g/mol. The monoisotopic (exact) mass is 196 g/mol. The number of likely N-dealkylation sites (N-methyl/N-ethyl adjacent to an activating group) is 1. The van der Waals surface area contributed by atoms with E-state index in [1.807, 2.05) is 26.1 Å². The first-order valence-corrected chi connectivity index (χ1v) is 5.05. The van der Waals surface area contributed by atoms with Crippen LogP contribution in [0.15, 0.2) is 16.5 Å². The summed E-state index contributed by atoms with van der Waals surface area (Å²) in [6, 6.07) is 4.29. The lowest BCUT2D eigenvalue weighted by atomic mass is 10.0. The van der Waals surface area contributed by atoms with Crippen LogP contribution in [0.25, 0.3) is 0 Å². The molecule has 3 nitrogen and oxygen atoms in total. The molecule has 1 heterocycles. The molecule has 1 unspecified atom stereocenters. The van der Waals surface area contributed by atoms with E-state index in [2.05, 4.69) is 18.7 Å². The van der Waals surface area contributed by atoms with Gasteiger partial charge in [0.1, 0.15) is 5.76 Å². The highest BCUT2D eigenvalue weighted by molar-refractivity contribution is 5.36. The molecule has 0 amide bonds. The summed E-state index contributed by atoms with van der Waals surface area (Å²) in [4.78, 5) is 2.11. The lowest BCUT2D eigenvalue weighted by Gasteiger charge is -2.29. The number of hydrogen-bond donors (Lipinski definition) is 1. The Morgan fingerprint density at radius 1 is 1.43 bits per heavy atom. The second-order valence-corrected chi connectivity index (χ2v) is 4.04. The smallest absolute Gasteiger partial charge is 0.195 e.